The first-order chi connectivity index (χ1) is 22.2. The first kappa shape index (κ1) is 32.7. The number of aliphatic hydroxyl groups is 1. The Labute approximate surface area is 267 Å². The molecule has 0 aliphatic carbocycles. The van der Waals surface area contributed by atoms with Gasteiger partial charge in [0.2, 0.25) is 0 Å². The van der Waals surface area contributed by atoms with Gasteiger partial charge in [-0.1, -0.05) is 42.5 Å². The van der Waals surface area contributed by atoms with E-state index in [2.05, 4.69) is 9.46 Å². The summed E-state index contributed by atoms with van der Waals surface area (Å²) in [5.41, 5.74) is 2.96. The van der Waals surface area contributed by atoms with E-state index in [4.69, 9.17) is 4.78 Å². The third kappa shape index (κ3) is 7.04. The van der Waals surface area contributed by atoms with Crippen molar-refractivity contribution in [2.45, 2.75) is 48.5 Å². The summed E-state index contributed by atoms with van der Waals surface area (Å²) >= 11 is 0. The second-order valence-corrected chi connectivity index (χ2v) is 13.3. The van der Waals surface area contributed by atoms with E-state index in [1.54, 1.807) is 4.90 Å². The van der Waals surface area contributed by atoms with Crippen LogP contribution in [-0.4, -0.2) is 47.0 Å². The van der Waals surface area contributed by atoms with E-state index in [1.165, 1.54) is 12.1 Å². The Morgan fingerprint density at radius 1 is 0.809 bits per heavy atom. The quantitative estimate of drug-likeness (QED) is 0.190. The molecule has 4 unspecified atom stereocenters. The molecule has 0 amide bonds. The minimum atomic E-state index is -4.94. The van der Waals surface area contributed by atoms with Gasteiger partial charge in [0, 0.05) is 30.2 Å². The molecule has 1 saturated heterocycles. The summed E-state index contributed by atoms with van der Waals surface area (Å²) in [6.45, 7) is -0.0484. The van der Waals surface area contributed by atoms with Crippen LogP contribution in [0.1, 0.15) is 16.7 Å². The van der Waals surface area contributed by atoms with Crippen LogP contribution in [0.2, 0.25) is 0 Å². The number of hydrogen-bond acceptors (Lipinski definition) is 6. The zero-order chi connectivity index (χ0) is 33.6. The van der Waals surface area contributed by atoms with Gasteiger partial charge in [0.1, 0.15) is 15.7 Å². The third-order valence-corrected chi connectivity index (χ3v) is 9.94. The third-order valence-electron chi connectivity index (χ3n) is 8.37. The predicted molar refractivity (Wildman–Crippen MR) is 165 cm³/mol. The molecule has 14 heteroatoms. The highest BCUT2D eigenvalue weighted by Crippen LogP contribution is 2.41. The summed E-state index contributed by atoms with van der Waals surface area (Å²) in [6.07, 6.45) is -9.43. The monoisotopic (exact) mass is 676 g/mol. The highest BCUT2D eigenvalue weighted by Gasteiger charge is 2.43. The van der Waals surface area contributed by atoms with Gasteiger partial charge in [-0.15, -0.1) is 13.2 Å². The van der Waals surface area contributed by atoms with Crippen molar-refractivity contribution in [2.75, 3.05) is 22.9 Å². The maximum absolute atomic E-state index is 13.8. The zero-order valence-electron chi connectivity index (χ0n) is 24.6. The highest BCUT2D eigenvalue weighted by atomic mass is 32.2. The number of piperidine rings is 1. The smallest absolute Gasteiger partial charge is 0.406 e. The Morgan fingerprint density at radius 2 is 1.40 bits per heavy atom. The SMILES string of the molecule is N=S(=O)(NC1CN(c2cccc(C(F)(F)F)c2)CC(N2c3ccccc3CCc3ccccc32)C1O)c1ccc(OC(F)(F)F)cc1. The number of aryl methyl sites for hydroxylation is 2. The average molecular weight is 677 g/mol. The number of ether oxygens (including phenoxy) is 1. The first-order valence-corrected chi connectivity index (χ1v) is 16.2. The van der Waals surface area contributed by atoms with Crippen LogP contribution in [-0.2, 0) is 28.9 Å². The van der Waals surface area contributed by atoms with Gasteiger partial charge in [0.15, 0.2) is 0 Å². The molecule has 4 aromatic rings. The average Bonchev–Trinajstić information content (AvgIpc) is 3.18. The van der Waals surface area contributed by atoms with Gasteiger partial charge in [0.25, 0.3) is 0 Å². The van der Waals surface area contributed by atoms with Crippen LogP contribution in [0.3, 0.4) is 0 Å². The van der Waals surface area contributed by atoms with Crippen LogP contribution in [0.25, 0.3) is 0 Å². The molecule has 2 heterocycles. The lowest BCUT2D eigenvalue weighted by molar-refractivity contribution is -0.274. The molecular weight excluding hydrogens is 646 g/mol. The fraction of sp³-hybridized carbons (Fsp3) is 0.273. The van der Waals surface area contributed by atoms with Gasteiger partial charge in [-0.25, -0.2) is 13.7 Å². The highest BCUT2D eigenvalue weighted by molar-refractivity contribution is 7.90. The summed E-state index contributed by atoms with van der Waals surface area (Å²) < 4.78 is 108. The van der Waals surface area contributed by atoms with E-state index in [0.29, 0.717) is 12.8 Å². The lowest BCUT2D eigenvalue weighted by atomic mass is 9.93. The van der Waals surface area contributed by atoms with Crippen molar-refractivity contribution in [3.8, 4) is 5.75 Å². The second kappa shape index (κ2) is 12.4. The predicted octanol–water partition coefficient (Wildman–Crippen LogP) is 7.07. The molecule has 0 radical (unpaired) electrons. The molecule has 0 bridgehead atoms. The number of nitrogens with one attached hydrogen (secondary N) is 2. The van der Waals surface area contributed by atoms with Crippen LogP contribution < -0.4 is 19.3 Å². The van der Waals surface area contributed by atoms with E-state index < -0.39 is 52.0 Å². The van der Waals surface area contributed by atoms with Crippen molar-refractivity contribution >= 4 is 27.0 Å². The standard InChI is InChI=1S/C33H30F6N4O3S/c34-32(35,36)23-8-5-9-24(18-23)42-19-27(41-47(40,45)26-16-14-25(15-17-26)46-33(37,38)39)31(44)30(20-42)43-28-10-3-1-6-21(28)12-13-22-7-2-4-11-29(22)43/h1-11,14-18,27,30-31,44H,12-13,19-20H2,(H2,40,41,45). The summed E-state index contributed by atoms with van der Waals surface area (Å²) in [6, 6.07) is 22.1. The molecule has 0 saturated carbocycles. The normalized spacial score (nSPS) is 21.3. The fourth-order valence-corrected chi connectivity index (χ4v) is 7.53. The van der Waals surface area contributed by atoms with Gasteiger partial charge >= 0.3 is 12.5 Å². The van der Waals surface area contributed by atoms with E-state index >= 15 is 0 Å². The molecule has 2 aliphatic heterocycles. The molecule has 6 rings (SSSR count). The van der Waals surface area contributed by atoms with E-state index in [-0.39, 0.29) is 23.7 Å². The Balaban J connectivity index is 1.41. The first-order valence-electron chi connectivity index (χ1n) is 14.7. The minimum Gasteiger partial charge on any atom is -0.406 e. The number of halogens is 6. The van der Waals surface area contributed by atoms with Crippen molar-refractivity contribution < 1.29 is 40.4 Å². The van der Waals surface area contributed by atoms with Crippen molar-refractivity contribution in [3.63, 3.8) is 0 Å². The fourth-order valence-electron chi connectivity index (χ4n) is 6.24. The number of anilines is 3. The summed E-state index contributed by atoms with van der Waals surface area (Å²) in [4.78, 5) is 3.44. The van der Waals surface area contributed by atoms with Crippen molar-refractivity contribution in [2.24, 2.45) is 0 Å². The van der Waals surface area contributed by atoms with Gasteiger partial charge in [-0.2, -0.15) is 13.2 Å². The molecule has 7 nitrogen and oxygen atoms in total. The number of fused-ring (bicyclic) bond motifs is 2. The maximum Gasteiger partial charge on any atom is 0.573 e. The van der Waals surface area contributed by atoms with Crippen LogP contribution >= 0.6 is 0 Å². The van der Waals surface area contributed by atoms with Crippen molar-refractivity contribution in [1.82, 2.24) is 4.72 Å². The molecule has 1 fully saturated rings. The number of para-hydroxylation sites is 2. The Morgan fingerprint density at radius 3 is 1.98 bits per heavy atom. The summed E-state index contributed by atoms with van der Waals surface area (Å²) in [7, 11) is -3.94. The minimum absolute atomic E-state index is 0.0754. The lowest BCUT2D eigenvalue weighted by Gasteiger charge is -2.48. The van der Waals surface area contributed by atoms with Crippen LogP contribution in [0.15, 0.2) is 102 Å². The molecule has 3 N–H and O–H groups in total. The molecule has 4 aromatic carbocycles. The van der Waals surface area contributed by atoms with Gasteiger partial charge in [-0.05, 0) is 78.6 Å². The molecule has 0 spiro atoms. The number of benzene rings is 4. The van der Waals surface area contributed by atoms with Crippen LogP contribution in [0, 0.1) is 4.78 Å². The van der Waals surface area contributed by atoms with E-state index in [1.807, 2.05) is 53.4 Å². The summed E-state index contributed by atoms with van der Waals surface area (Å²) in [5.74, 6) is -0.566. The molecule has 0 aromatic heterocycles. The van der Waals surface area contributed by atoms with Crippen molar-refractivity contribution in [3.05, 3.63) is 114 Å². The van der Waals surface area contributed by atoms with Crippen LogP contribution in [0.4, 0.5) is 43.4 Å². The van der Waals surface area contributed by atoms with E-state index in [9.17, 15) is 35.7 Å². The maximum atomic E-state index is 13.8. The Hall–Kier alpha value is -4.27. The number of nitrogens with zero attached hydrogens (tertiary/aromatic N) is 2. The second-order valence-electron chi connectivity index (χ2n) is 11.4. The molecule has 248 valence electrons. The largest absolute Gasteiger partial charge is 0.573 e. The van der Waals surface area contributed by atoms with E-state index in [0.717, 1.165) is 58.9 Å². The molecule has 2 aliphatic rings. The number of hydrogen-bond donors (Lipinski definition) is 3. The number of aliphatic hydroxyl groups excluding tert-OH is 1. The number of rotatable bonds is 6. The topological polar surface area (TPSA) is 88.9 Å². The van der Waals surface area contributed by atoms with Gasteiger partial charge in [-0.3, -0.25) is 0 Å². The Bertz CT molecular complexity index is 1800. The lowest BCUT2D eigenvalue weighted by Crippen LogP contribution is -2.65. The van der Waals surface area contributed by atoms with Crippen molar-refractivity contribution in [1.29, 1.82) is 4.78 Å². The van der Waals surface area contributed by atoms with Crippen LogP contribution in [0.5, 0.6) is 5.75 Å². The molecule has 4 atom stereocenters. The molecular formula is C33H30F6N4O3S. The zero-order valence-corrected chi connectivity index (χ0v) is 25.4. The Kier molecular flexibility index (Phi) is 8.61. The number of alkyl halides is 6. The molecule has 47 heavy (non-hydrogen) atoms. The summed E-state index contributed by atoms with van der Waals surface area (Å²) in [5, 5.41) is 12.0. The van der Waals surface area contributed by atoms with Gasteiger partial charge in [0.05, 0.1) is 28.6 Å². The van der Waals surface area contributed by atoms with Gasteiger partial charge < -0.3 is 19.6 Å².